The molecular weight excluding hydrogens is 306 g/mol. The number of nitrogens with one attached hydrogen (secondary N) is 1. The molecule has 1 fully saturated rings. The SMILES string of the molecule is COc1cc(OC)c(CN2CCCC[C@H]2c2ncc[nH]2)c(OC)c1. The number of H-pyrrole nitrogens is 1. The summed E-state index contributed by atoms with van der Waals surface area (Å²) in [6.45, 7) is 1.78. The third kappa shape index (κ3) is 3.33. The van der Waals surface area contributed by atoms with E-state index in [0.717, 1.165) is 48.1 Å². The number of aromatic nitrogens is 2. The number of hydrogen-bond acceptors (Lipinski definition) is 5. The van der Waals surface area contributed by atoms with Gasteiger partial charge in [-0.15, -0.1) is 0 Å². The average molecular weight is 331 g/mol. The molecule has 0 unspecified atom stereocenters. The van der Waals surface area contributed by atoms with Crippen LogP contribution in [0.5, 0.6) is 17.2 Å². The molecule has 0 aliphatic carbocycles. The lowest BCUT2D eigenvalue weighted by Gasteiger charge is -2.35. The molecular formula is C18H25N3O3. The van der Waals surface area contributed by atoms with Crippen LogP contribution >= 0.6 is 0 Å². The molecule has 1 aliphatic heterocycles. The first-order valence-corrected chi connectivity index (χ1v) is 8.29. The minimum atomic E-state index is 0.297. The maximum absolute atomic E-state index is 5.59. The molecule has 130 valence electrons. The number of aromatic amines is 1. The van der Waals surface area contributed by atoms with Crippen LogP contribution in [0.2, 0.25) is 0 Å². The predicted octanol–water partition coefficient (Wildman–Crippen LogP) is 3.16. The molecule has 1 N–H and O–H groups in total. The first-order chi connectivity index (χ1) is 11.8. The molecule has 0 spiro atoms. The van der Waals surface area contributed by atoms with E-state index in [0.29, 0.717) is 6.04 Å². The van der Waals surface area contributed by atoms with Gasteiger partial charge in [0.15, 0.2) is 0 Å². The summed E-state index contributed by atoms with van der Waals surface area (Å²) in [5.41, 5.74) is 1.04. The van der Waals surface area contributed by atoms with Crippen molar-refractivity contribution < 1.29 is 14.2 Å². The second kappa shape index (κ2) is 7.57. The van der Waals surface area contributed by atoms with Gasteiger partial charge in [-0.25, -0.2) is 4.98 Å². The second-order valence-electron chi connectivity index (χ2n) is 5.97. The van der Waals surface area contributed by atoms with Crippen molar-refractivity contribution in [1.29, 1.82) is 0 Å². The third-order valence-corrected chi connectivity index (χ3v) is 4.63. The van der Waals surface area contributed by atoms with Gasteiger partial charge < -0.3 is 19.2 Å². The summed E-state index contributed by atoms with van der Waals surface area (Å²) in [5.74, 6) is 3.33. The highest BCUT2D eigenvalue weighted by molar-refractivity contribution is 5.50. The van der Waals surface area contributed by atoms with E-state index in [1.54, 1.807) is 21.3 Å². The monoisotopic (exact) mass is 331 g/mol. The number of imidazole rings is 1. The van der Waals surface area contributed by atoms with Crippen LogP contribution in [-0.4, -0.2) is 42.7 Å². The number of piperidine rings is 1. The molecule has 0 bridgehead atoms. The minimum Gasteiger partial charge on any atom is -0.496 e. The van der Waals surface area contributed by atoms with Crippen molar-refractivity contribution in [2.75, 3.05) is 27.9 Å². The van der Waals surface area contributed by atoms with Crippen molar-refractivity contribution in [3.8, 4) is 17.2 Å². The van der Waals surface area contributed by atoms with Crippen molar-refractivity contribution >= 4 is 0 Å². The van der Waals surface area contributed by atoms with Gasteiger partial charge in [-0.3, -0.25) is 4.90 Å². The van der Waals surface area contributed by atoms with Crippen LogP contribution in [0.3, 0.4) is 0 Å². The van der Waals surface area contributed by atoms with Crippen molar-refractivity contribution in [1.82, 2.24) is 14.9 Å². The number of nitrogens with zero attached hydrogens (tertiary/aromatic N) is 2. The fraction of sp³-hybridized carbons (Fsp3) is 0.500. The Bertz CT molecular complexity index is 633. The summed E-state index contributed by atoms with van der Waals surface area (Å²) in [6.07, 6.45) is 7.22. The van der Waals surface area contributed by atoms with Gasteiger partial charge in [0.25, 0.3) is 0 Å². The molecule has 24 heavy (non-hydrogen) atoms. The fourth-order valence-electron chi connectivity index (χ4n) is 3.39. The molecule has 2 heterocycles. The summed E-state index contributed by atoms with van der Waals surface area (Å²) < 4.78 is 16.5. The first-order valence-electron chi connectivity index (χ1n) is 8.29. The quantitative estimate of drug-likeness (QED) is 0.881. The van der Waals surface area contributed by atoms with Crippen LogP contribution in [0.15, 0.2) is 24.5 Å². The fourth-order valence-corrected chi connectivity index (χ4v) is 3.39. The van der Waals surface area contributed by atoms with E-state index in [4.69, 9.17) is 14.2 Å². The maximum atomic E-state index is 5.59. The Morgan fingerprint density at radius 2 is 1.88 bits per heavy atom. The molecule has 3 rings (SSSR count). The molecule has 1 atom stereocenters. The zero-order valence-corrected chi connectivity index (χ0v) is 14.5. The number of benzene rings is 1. The van der Waals surface area contributed by atoms with Gasteiger partial charge in [-0.1, -0.05) is 6.42 Å². The standard InChI is InChI=1S/C18H25N3O3/c1-22-13-10-16(23-2)14(17(11-13)24-3)12-21-9-5-4-6-15(21)18-19-7-8-20-18/h7-8,10-11,15H,4-6,9,12H2,1-3H3,(H,19,20)/t15-/m0/s1. The van der Waals surface area contributed by atoms with E-state index in [2.05, 4.69) is 14.9 Å². The number of likely N-dealkylation sites (tertiary alicyclic amines) is 1. The highest BCUT2D eigenvalue weighted by Gasteiger charge is 2.28. The summed E-state index contributed by atoms with van der Waals surface area (Å²) >= 11 is 0. The Labute approximate surface area is 142 Å². The van der Waals surface area contributed by atoms with Gasteiger partial charge in [-0.05, 0) is 19.4 Å². The van der Waals surface area contributed by atoms with Crippen LogP contribution < -0.4 is 14.2 Å². The number of hydrogen-bond donors (Lipinski definition) is 1. The molecule has 6 heteroatoms. The minimum absolute atomic E-state index is 0.297. The Morgan fingerprint density at radius 3 is 2.46 bits per heavy atom. The van der Waals surface area contributed by atoms with E-state index >= 15 is 0 Å². The summed E-state index contributed by atoms with van der Waals surface area (Å²) in [5, 5.41) is 0. The zero-order chi connectivity index (χ0) is 16.9. The van der Waals surface area contributed by atoms with Gasteiger partial charge in [-0.2, -0.15) is 0 Å². The molecule has 0 saturated carbocycles. The number of methoxy groups -OCH3 is 3. The van der Waals surface area contributed by atoms with Crippen LogP contribution in [-0.2, 0) is 6.54 Å². The van der Waals surface area contributed by atoms with Crippen molar-refractivity contribution in [2.24, 2.45) is 0 Å². The van der Waals surface area contributed by atoms with Gasteiger partial charge in [0, 0.05) is 31.1 Å². The molecule has 1 aliphatic rings. The summed E-state index contributed by atoms with van der Waals surface area (Å²) in [7, 11) is 5.00. The van der Waals surface area contributed by atoms with Crippen molar-refractivity contribution in [2.45, 2.75) is 31.8 Å². The van der Waals surface area contributed by atoms with E-state index in [1.165, 1.54) is 12.8 Å². The highest BCUT2D eigenvalue weighted by Crippen LogP contribution is 2.38. The van der Waals surface area contributed by atoms with E-state index in [9.17, 15) is 0 Å². The summed E-state index contributed by atoms with van der Waals surface area (Å²) in [6, 6.07) is 4.11. The molecule has 0 radical (unpaired) electrons. The lowest BCUT2D eigenvalue weighted by atomic mass is 10.00. The maximum Gasteiger partial charge on any atom is 0.130 e. The van der Waals surface area contributed by atoms with Crippen LogP contribution in [0.1, 0.15) is 36.7 Å². The number of ether oxygens (including phenoxy) is 3. The van der Waals surface area contributed by atoms with Crippen LogP contribution in [0.25, 0.3) is 0 Å². The Morgan fingerprint density at radius 1 is 1.12 bits per heavy atom. The van der Waals surface area contributed by atoms with Crippen molar-refractivity contribution in [3.05, 3.63) is 35.9 Å². The average Bonchev–Trinajstić information content (AvgIpc) is 3.16. The normalized spacial score (nSPS) is 18.4. The second-order valence-corrected chi connectivity index (χ2v) is 5.97. The molecule has 1 aromatic heterocycles. The van der Waals surface area contributed by atoms with E-state index < -0.39 is 0 Å². The van der Waals surface area contributed by atoms with Gasteiger partial charge in [0.2, 0.25) is 0 Å². The lowest BCUT2D eigenvalue weighted by Crippen LogP contribution is -2.33. The third-order valence-electron chi connectivity index (χ3n) is 4.63. The van der Waals surface area contributed by atoms with Crippen molar-refractivity contribution in [3.63, 3.8) is 0 Å². The van der Waals surface area contributed by atoms with E-state index in [-0.39, 0.29) is 0 Å². The largest absolute Gasteiger partial charge is 0.496 e. The van der Waals surface area contributed by atoms with Gasteiger partial charge in [0.05, 0.1) is 32.9 Å². The number of rotatable bonds is 6. The van der Waals surface area contributed by atoms with Gasteiger partial charge >= 0.3 is 0 Å². The smallest absolute Gasteiger partial charge is 0.130 e. The van der Waals surface area contributed by atoms with Crippen LogP contribution in [0, 0.1) is 0 Å². The predicted molar refractivity (Wildman–Crippen MR) is 91.7 cm³/mol. The Balaban J connectivity index is 1.91. The molecule has 6 nitrogen and oxygen atoms in total. The zero-order valence-electron chi connectivity index (χ0n) is 14.5. The highest BCUT2D eigenvalue weighted by atomic mass is 16.5. The molecule has 2 aromatic rings. The summed E-state index contributed by atoms with van der Waals surface area (Å²) in [4.78, 5) is 10.2. The Hall–Kier alpha value is -2.21. The van der Waals surface area contributed by atoms with Gasteiger partial charge in [0.1, 0.15) is 23.1 Å². The first kappa shape index (κ1) is 16.6. The topological polar surface area (TPSA) is 59.6 Å². The Kier molecular flexibility index (Phi) is 5.25. The lowest BCUT2D eigenvalue weighted by molar-refractivity contribution is 0.131. The molecule has 1 saturated heterocycles. The van der Waals surface area contributed by atoms with E-state index in [1.807, 2.05) is 24.5 Å². The molecule has 1 aromatic carbocycles. The van der Waals surface area contributed by atoms with Crippen LogP contribution in [0.4, 0.5) is 0 Å². The molecule has 0 amide bonds.